The van der Waals surface area contributed by atoms with Gasteiger partial charge in [0, 0.05) is 6.07 Å². The Morgan fingerprint density at radius 3 is 2.48 bits per heavy atom. The van der Waals surface area contributed by atoms with Crippen LogP contribution in [-0.2, 0) is 4.74 Å². The topological polar surface area (TPSA) is 66.8 Å². The molecule has 27 heavy (non-hydrogen) atoms. The summed E-state index contributed by atoms with van der Waals surface area (Å²) in [6, 6.07) is 11.3. The number of rotatable bonds is 5. The molecular weight excluding hydrogens is 382 g/mol. The van der Waals surface area contributed by atoms with Crippen molar-refractivity contribution in [1.29, 1.82) is 0 Å². The molecule has 0 radical (unpaired) electrons. The van der Waals surface area contributed by atoms with Crippen LogP contribution in [0, 0.1) is 0 Å². The number of hydrogen-bond acceptors (Lipinski definition) is 6. The number of aliphatic imine (C=N–C) groups is 1. The second-order valence-electron chi connectivity index (χ2n) is 5.42. The van der Waals surface area contributed by atoms with Gasteiger partial charge in [-0.15, -0.1) is 27.7 Å². The van der Waals surface area contributed by atoms with E-state index in [2.05, 4.69) is 10.3 Å². The molecule has 3 heterocycles. The number of ether oxygens (including phenoxy) is 1. The number of nitrogens with zero attached hydrogens (tertiary/aromatic N) is 2. The monoisotopic (exact) mass is 402 g/mol. The molecule has 0 aliphatic rings. The van der Waals surface area contributed by atoms with Gasteiger partial charge < -0.3 is 9.15 Å². The zero-order chi connectivity index (χ0) is 19.2. The Bertz CT molecular complexity index is 954. The second-order valence-corrected chi connectivity index (χ2v) is 7.31. The average Bonchev–Trinajstić information content (AvgIpc) is 3.42. The molecule has 0 unspecified atom stereocenters. The summed E-state index contributed by atoms with van der Waals surface area (Å²) in [6.07, 6.45) is 0. The van der Waals surface area contributed by atoms with Gasteiger partial charge >= 0.3 is 5.97 Å². The van der Waals surface area contributed by atoms with E-state index >= 15 is 0 Å². The molecule has 0 aliphatic carbocycles. The van der Waals surface area contributed by atoms with E-state index in [9.17, 15) is 4.79 Å². The summed E-state index contributed by atoms with van der Waals surface area (Å²) >= 11 is 3.22. The Morgan fingerprint density at radius 2 is 1.89 bits per heavy atom. The molecule has 0 amide bonds. The van der Waals surface area contributed by atoms with Crippen LogP contribution >= 0.6 is 22.7 Å². The molecule has 0 spiro atoms. The highest BCUT2D eigenvalue weighted by molar-refractivity contribution is 7.12. The van der Waals surface area contributed by atoms with Gasteiger partial charge in [-0.05, 0) is 35.9 Å². The molecule has 0 saturated heterocycles. The molecule has 3 aromatic rings. The zero-order valence-electron chi connectivity index (χ0n) is 15.3. The Hall–Kier alpha value is -2.71. The van der Waals surface area contributed by atoms with Crippen molar-refractivity contribution in [2.45, 2.75) is 6.92 Å². The normalized spacial score (nSPS) is 12.6. The lowest BCUT2D eigenvalue weighted by Crippen LogP contribution is -2.30. The number of anilines is 1. The van der Waals surface area contributed by atoms with Crippen molar-refractivity contribution in [2.75, 3.05) is 26.0 Å². The fraction of sp³-hybridized carbons (Fsp3) is 0.211. The molecule has 6 nitrogen and oxygen atoms in total. The van der Waals surface area contributed by atoms with Crippen molar-refractivity contribution < 1.29 is 18.5 Å². The maximum atomic E-state index is 11.8. The summed E-state index contributed by atoms with van der Waals surface area (Å²) in [5, 5.41) is 7.30. The van der Waals surface area contributed by atoms with Gasteiger partial charge in [0.15, 0.2) is 0 Å². The summed E-state index contributed by atoms with van der Waals surface area (Å²) in [4.78, 5) is 18.4. The van der Waals surface area contributed by atoms with Gasteiger partial charge in [-0.3, -0.25) is 0 Å². The predicted molar refractivity (Wildman–Crippen MR) is 110 cm³/mol. The fourth-order valence-corrected chi connectivity index (χ4v) is 4.05. The van der Waals surface area contributed by atoms with Gasteiger partial charge in [0.05, 0.1) is 25.6 Å². The largest absolute Gasteiger partial charge is 0.460 e. The quantitative estimate of drug-likeness (QED) is 0.301. The Kier molecular flexibility index (Phi) is 6.20. The van der Waals surface area contributed by atoms with E-state index in [0.29, 0.717) is 12.5 Å². The lowest BCUT2D eigenvalue weighted by atomic mass is 10.3. The molecule has 8 heteroatoms. The summed E-state index contributed by atoms with van der Waals surface area (Å²) in [5.41, 5.74) is 0. The van der Waals surface area contributed by atoms with Gasteiger partial charge in [-0.1, -0.05) is 12.1 Å². The minimum atomic E-state index is -0.481. The lowest BCUT2D eigenvalue weighted by molar-refractivity contribution is -0.368. The minimum Gasteiger partial charge on any atom is -0.460 e. The molecule has 0 bridgehead atoms. The summed E-state index contributed by atoms with van der Waals surface area (Å²) < 4.78 is 12.6. The number of esters is 1. The molecule has 140 valence electrons. The van der Waals surface area contributed by atoms with E-state index in [-0.39, 0.29) is 5.76 Å². The Morgan fingerprint density at radius 1 is 1.19 bits per heavy atom. The maximum Gasteiger partial charge on any atom is 0.374 e. The van der Waals surface area contributed by atoms with Crippen LogP contribution in [0.5, 0.6) is 0 Å². The lowest BCUT2D eigenvalue weighted by Gasteiger charge is -2.09. The summed E-state index contributed by atoms with van der Waals surface area (Å²) in [6.45, 7) is 2.06. The first-order valence-electron chi connectivity index (χ1n) is 8.33. The molecule has 3 aromatic heterocycles. The van der Waals surface area contributed by atoms with Gasteiger partial charge in [-0.2, -0.15) is 0 Å². The minimum absolute atomic E-state index is 0.162. The van der Waals surface area contributed by atoms with Crippen molar-refractivity contribution in [1.82, 2.24) is 0 Å². The zero-order valence-corrected chi connectivity index (χ0v) is 16.9. The van der Waals surface area contributed by atoms with Crippen LogP contribution in [0.15, 0.2) is 56.6 Å². The first-order valence-corrected chi connectivity index (χ1v) is 10.1. The highest BCUT2D eigenvalue weighted by Crippen LogP contribution is 2.19. The maximum absolute atomic E-state index is 11.8. The van der Waals surface area contributed by atoms with Crippen molar-refractivity contribution in [3.05, 3.63) is 62.7 Å². The molecule has 1 N–H and O–H groups in total. The molecule has 3 rings (SSSR count). The van der Waals surface area contributed by atoms with Crippen molar-refractivity contribution in [3.8, 4) is 0 Å². The highest BCUT2D eigenvalue weighted by atomic mass is 32.1. The first kappa shape index (κ1) is 19.1. The molecule has 0 atom stereocenters. The highest BCUT2D eigenvalue weighted by Gasteiger charge is 2.22. The third kappa shape index (κ3) is 4.35. The average molecular weight is 403 g/mol. The summed E-state index contributed by atoms with van der Waals surface area (Å²) in [5.74, 6) is 1.78. The van der Waals surface area contributed by atoms with Gasteiger partial charge in [0.25, 0.3) is 11.7 Å². The summed E-state index contributed by atoms with van der Waals surface area (Å²) in [7, 11) is 3.71. The van der Waals surface area contributed by atoms with E-state index in [1.807, 2.05) is 46.6 Å². The number of hydrogen-bond donors (Lipinski definition) is 1. The van der Waals surface area contributed by atoms with Gasteiger partial charge in [0.1, 0.15) is 4.88 Å². The van der Waals surface area contributed by atoms with Crippen LogP contribution in [0.25, 0.3) is 0 Å². The number of nitrogens with one attached hydrogen (secondary N) is 1. The standard InChI is InChI=1S/C19H19N3O3S2/c1-4-24-19(23)13-9-10-16(25-13)21-18(15-8-6-12-27-15)22(3)17(20-2)14-7-5-11-26-14/h5-12H,4H2,1-3H3/p+1. The molecule has 0 fully saturated rings. The van der Waals surface area contributed by atoms with E-state index < -0.39 is 5.97 Å². The Labute approximate surface area is 165 Å². The second kappa shape index (κ2) is 8.79. The smallest absolute Gasteiger partial charge is 0.374 e. The van der Waals surface area contributed by atoms with Gasteiger partial charge in [-0.25, -0.2) is 14.7 Å². The van der Waals surface area contributed by atoms with Crippen LogP contribution in [-0.4, -0.2) is 42.9 Å². The third-order valence-electron chi connectivity index (χ3n) is 3.69. The van der Waals surface area contributed by atoms with Gasteiger partial charge in [0.2, 0.25) is 11.6 Å². The molecular formula is C19H20N3O3S2+. The number of furan rings is 1. The van der Waals surface area contributed by atoms with Crippen molar-refractivity contribution in [3.63, 3.8) is 0 Å². The van der Waals surface area contributed by atoms with Crippen LogP contribution in [0.3, 0.4) is 0 Å². The third-order valence-corrected chi connectivity index (χ3v) is 5.43. The van der Waals surface area contributed by atoms with E-state index in [0.717, 1.165) is 21.4 Å². The van der Waals surface area contributed by atoms with E-state index in [1.54, 1.807) is 48.8 Å². The SMILES string of the molecule is CCOC(=O)c1ccc(NC(c2cccs2)=[N+](C)C(=NC)c2cccs2)o1. The molecule has 0 aromatic carbocycles. The van der Waals surface area contributed by atoms with E-state index in [4.69, 9.17) is 9.15 Å². The molecule has 0 aliphatic heterocycles. The number of carbonyl (C=O) groups is 1. The van der Waals surface area contributed by atoms with Crippen LogP contribution in [0.1, 0.15) is 27.2 Å². The van der Waals surface area contributed by atoms with Crippen molar-refractivity contribution >= 4 is 46.2 Å². The van der Waals surface area contributed by atoms with E-state index in [1.165, 1.54) is 0 Å². The van der Waals surface area contributed by atoms with Crippen LogP contribution in [0.2, 0.25) is 0 Å². The number of amidine groups is 2. The van der Waals surface area contributed by atoms with Crippen LogP contribution < -0.4 is 5.32 Å². The van der Waals surface area contributed by atoms with Crippen molar-refractivity contribution in [2.24, 2.45) is 4.99 Å². The predicted octanol–water partition coefficient (Wildman–Crippen LogP) is 4.16. The Balaban J connectivity index is 1.97. The fourth-order valence-electron chi connectivity index (χ4n) is 2.49. The first-order chi connectivity index (χ1) is 13.1. The number of thiophene rings is 2. The number of carbonyl (C=O) groups excluding carboxylic acids is 1. The van der Waals surface area contributed by atoms with Crippen LogP contribution in [0.4, 0.5) is 5.88 Å². The molecule has 0 saturated carbocycles.